The number of nitrogens with zero attached hydrogens (tertiary/aromatic N) is 1. The molecule has 0 saturated carbocycles. The van der Waals surface area contributed by atoms with Crippen LogP contribution in [0.25, 0.3) is 0 Å². The number of benzene rings is 1. The number of hydrogen-bond acceptors (Lipinski definition) is 3. The van der Waals surface area contributed by atoms with E-state index in [9.17, 15) is 14.1 Å². The van der Waals surface area contributed by atoms with Gasteiger partial charge in [-0.05, 0) is 17.3 Å². The smallest absolute Gasteiger partial charge is 0.162 e. The molecule has 0 aromatic heterocycles. The summed E-state index contributed by atoms with van der Waals surface area (Å²) in [6, 6.07) is 3.87. The molecule has 56 valence electrons. The summed E-state index contributed by atoms with van der Waals surface area (Å²) in [5, 5.41) is 2.39. The third kappa shape index (κ3) is 1.29. The van der Waals surface area contributed by atoms with E-state index in [1.54, 1.807) is 0 Å². The minimum Gasteiger partial charge on any atom is -0.298 e. The van der Waals surface area contributed by atoms with Gasteiger partial charge in [-0.2, -0.15) is 0 Å². The van der Waals surface area contributed by atoms with Crippen molar-refractivity contribution >= 4 is 12.0 Å². The van der Waals surface area contributed by atoms with Crippen LogP contribution >= 0.6 is 0 Å². The Balaban J connectivity index is 3.30. The molecule has 0 radical (unpaired) electrons. The average molecular weight is 153 g/mol. The summed E-state index contributed by atoms with van der Waals surface area (Å²) >= 11 is 0. The standard InChI is InChI=1S/C7H4FNO2/c8-7-5(4-10)2-1-3-6(7)9-11/h1-4H. The quantitative estimate of drug-likeness (QED) is 0.482. The van der Waals surface area contributed by atoms with Crippen LogP contribution in [0.15, 0.2) is 23.4 Å². The number of carbonyl (C=O) groups is 1. The van der Waals surface area contributed by atoms with Crippen molar-refractivity contribution in [2.45, 2.75) is 0 Å². The van der Waals surface area contributed by atoms with Gasteiger partial charge in [-0.1, -0.05) is 6.07 Å². The summed E-state index contributed by atoms with van der Waals surface area (Å²) in [6.45, 7) is 0. The second kappa shape index (κ2) is 3.01. The molecular weight excluding hydrogens is 149 g/mol. The van der Waals surface area contributed by atoms with Gasteiger partial charge in [0, 0.05) is 0 Å². The lowest BCUT2D eigenvalue weighted by Crippen LogP contribution is -1.85. The molecule has 0 amide bonds. The molecule has 11 heavy (non-hydrogen) atoms. The minimum atomic E-state index is -0.863. The van der Waals surface area contributed by atoms with Gasteiger partial charge in [0.1, 0.15) is 5.69 Å². The van der Waals surface area contributed by atoms with Gasteiger partial charge in [-0.3, -0.25) is 4.79 Å². The molecule has 0 spiro atoms. The highest BCUT2D eigenvalue weighted by molar-refractivity contribution is 5.77. The van der Waals surface area contributed by atoms with Crippen LogP contribution in [-0.4, -0.2) is 6.29 Å². The second-order valence-corrected chi connectivity index (χ2v) is 1.89. The van der Waals surface area contributed by atoms with E-state index in [4.69, 9.17) is 0 Å². The topological polar surface area (TPSA) is 46.5 Å². The van der Waals surface area contributed by atoms with Crippen molar-refractivity contribution in [3.8, 4) is 0 Å². The van der Waals surface area contributed by atoms with E-state index < -0.39 is 5.82 Å². The molecule has 0 atom stereocenters. The van der Waals surface area contributed by atoms with Gasteiger partial charge in [0.25, 0.3) is 0 Å². The molecule has 1 aromatic rings. The van der Waals surface area contributed by atoms with Crippen LogP contribution in [0.4, 0.5) is 10.1 Å². The van der Waals surface area contributed by atoms with Gasteiger partial charge in [0.2, 0.25) is 0 Å². The van der Waals surface area contributed by atoms with Crippen molar-refractivity contribution in [2.75, 3.05) is 0 Å². The lowest BCUT2D eigenvalue weighted by Gasteiger charge is -1.93. The first-order valence-corrected chi connectivity index (χ1v) is 2.86. The Labute approximate surface area is 61.8 Å². The van der Waals surface area contributed by atoms with Crippen molar-refractivity contribution in [2.24, 2.45) is 5.18 Å². The van der Waals surface area contributed by atoms with E-state index in [0.29, 0.717) is 6.29 Å². The molecule has 4 heteroatoms. The number of carbonyl (C=O) groups excluding carboxylic acids is 1. The Bertz CT molecular complexity index is 272. The first-order valence-electron chi connectivity index (χ1n) is 2.86. The summed E-state index contributed by atoms with van der Waals surface area (Å²) in [7, 11) is 0. The maximum atomic E-state index is 12.7. The molecule has 0 bridgehead atoms. The zero-order chi connectivity index (χ0) is 8.27. The van der Waals surface area contributed by atoms with Crippen molar-refractivity contribution in [1.29, 1.82) is 0 Å². The maximum absolute atomic E-state index is 12.7. The number of halogens is 1. The van der Waals surface area contributed by atoms with E-state index in [-0.39, 0.29) is 11.3 Å². The van der Waals surface area contributed by atoms with Gasteiger partial charge >= 0.3 is 0 Å². The molecule has 0 N–H and O–H groups in total. The Kier molecular flexibility index (Phi) is 2.06. The summed E-state index contributed by atoms with van der Waals surface area (Å²) in [6.07, 6.45) is 0.337. The van der Waals surface area contributed by atoms with Crippen LogP contribution in [0.3, 0.4) is 0 Å². The van der Waals surface area contributed by atoms with Gasteiger partial charge < -0.3 is 0 Å². The average Bonchev–Trinajstić information content (AvgIpc) is 2.05. The summed E-state index contributed by atoms with van der Waals surface area (Å²) in [4.78, 5) is 20.0. The fourth-order valence-corrected chi connectivity index (χ4v) is 0.699. The highest BCUT2D eigenvalue weighted by Crippen LogP contribution is 2.18. The summed E-state index contributed by atoms with van der Waals surface area (Å²) in [5.74, 6) is -0.863. The predicted octanol–water partition coefficient (Wildman–Crippen LogP) is 2.04. The molecular formula is C7H4FNO2. The fourth-order valence-electron chi connectivity index (χ4n) is 0.699. The highest BCUT2D eigenvalue weighted by atomic mass is 19.1. The first kappa shape index (κ1) is 7.53. The number of aldehydes is 1. The third-order valence-electron chi connectivity index (χ3n) is 1.23. The van der Waals surface area contributed by atoms with E-state index in [0.717, 1.165) is 0 Å². The first-order chi connectivity index (χ1) is 5.29. The second-order valence-electron chi connectivity index (χ2n) is 1.89. The number of hydrogen-bond donors (Lipinski definition) is 0. The fraction of sp³-hybridized carbons (Fsp3) is 0. The lowest BCUT2D eigenvalue weighted by atomic mass is 10.2. The molecule has 1 aromatic carbocycles. The van der Waals surface area contributed by atoms with Crippen LogP contribution < -0.4 is 0 Å². The number of rotatable bonds is 2. The van der Waals surface area contributed by atoms with Gasteiger partial charge in [0.15, 0.2) is 12.1 Å². The Hall–Kier alpha value is -1.58. The largest absolute Gasteiger partial charge is 0.298 e. The van der Waals surface area contributed by atoms with Crippen molar-refractivity contribution in [1.82, 2.24) is 0 Å². The Morgan fingerprint density at radius 3 is 2.73 bits per heavy atom. The van der Waals surface area contributed by atoms with Crippen molar-refractivity contribution in [3.05, 3.63) is 34.5 Å². The maximum Gasteiger partial charge on any atom is 0.162 e. The zero-order valence-corrected chi connectivity index (χ0v) is 5.45. The summed E-state index contributed by atoms with van der Waals surface area (Å²) in [5.41, 5.74) is -0.489. The van der Waals surface area contributed by atoms with Crippen LogP contribution in [-0.2, 0) is 0 Å². The molecule has 0 heterocycles. The summed E-state index contributed by atoms with van der Waals surface area (Å²) < 4.78 is 12.7. The van der Waals surface area contributed by atoms with Crippen LogP contribution in [0, 0.1) is 10.7 Å². The molecule has 3 nitrogen and oxygen atoms in total. The Morgan fingerprint density at radius 2 is 2.18 bits per heavy atom. The third-order valence-corrected chi connectivity index (χ3v) is 1.23. The van der Waals surface area contributed by atoms with E-state index in [1.807, 2.05) is 0 Å². The highest BCUT2D eigenvalue weighted by Gasteiger charge is 2.05. The van der Waals surface area contributed by atoms with Gasteiger partial charge in [0.05, 0.1) is 5.56 Å². The van der Waals surface area contributed by atoms with Gasteiger partial charge in [-0.15, -0.1) is 4.91 Å². The molecule has 1 rings (SSSR count). The molecule has 0 aliphatic carbocycles. The van der Waals surface area contributed by atoms with Crippen molar-refractivity contribution in [3.63, 3.8) is 0 Å². The zero-order valence-electron chi connectivity index (χ0n) is 5.45. The predicted molar refractivity (Wildman–Crippen MR) is 37.2 cm³/mol. The van der Waals surface area contributed by atoms with Crippen LogP contribution in [0.2, 0.25) is 0 Å². The van der Waals surface area contributed by atoms with E-state index in [1.165, 1.54) is 18.2 Å². The van der Waals surface area contributed by atoms with Gasteiger partial charge in [-0.25, -0.2) is 4.39 Å². The lowest BCUT2D eigenvalue weighted by molar-refractivity contribution is 0.112. The Morgan fingerprint density at radius 1 is 1.45 bits per heavy atom. The molecule has 0 aliphatic heterocycles. The normalized spacial score (nSPS) is 9.18. The molecule has 0 fully saturated rings. The van der Waals surface area contributed by atoms with E-state index >= 15 is 0 Å². The molecule has 0 saturated heterocycles. The van der Waals surface area contributed by atoms with Crippen LogP contribution in [0.5, 0.6) is 0 Å². The molecule has 0 unspecified atom stereocenters. The minimum absolute atomic E-state index is 0.151. The van der Waals surface area contributed by atoms with Crippen molar-refractivity contribution < 1.29 is 9.18 Å². The SMILES string of the molecule is O=Cc1cccc(N=O)c1F. The molecule has 0 aliphatic rings. The monoisotopic (exact) mass is 153 g/mol. The number of nitroso groups, excluding NO2 is 1. The van der Waals surface area contributed by atoms with Crippen LogP contribution in [0.1, 0.15) is 10.4 Å². The van der Waals surface area contributed by atoms with E-state index in [2.05, 4.69) is 5.18 Å².